The number of carbonyl (C=O) groups is 1. The van der Waals surface area contributed by atoms with E-state index in [1.165, 1.54) is 4.57 Å². The van der Waals surface area contributed by atoms with Crippen LogP contribution in [-0.4, -0.2) is 27.7 Å². The van der Waals surface area contributed by atoms with Crippen molar-refractivity contribution in [2.45, 2.75) is 6.42 Å². The maximum Gasteiger partial charge on any atom is 0.323 e. The van der Waals surface area contributed by atoms with Crippen LogP contribution in [0.2, 0.25) is 0 Å². The molecular formula is C28H23N5O3. The number of ether oxygens (including phenoxy) is 1. The maximum absolute atomic E-state index is 13.6. The molecule has 0 saturated heterocycles. The molecule has 3 aromatic carbocycles. The molecule has 0 bridgehead atoms. The van der Waals surface area contributed by atoms with Crippen LogP contribution in [0.15, 0.2) is 102 Å². The van der Waals surface area contributed by atoms with Gasteiger partial charge >= 0.3 is 6.03 Å². The lowest BCUT2D eigenvalue weighted by atomic mass is 10.1. The highest BCUT2D eigenvalue weighted by molar-refractivity contribution is 6.00. The van der Waals surface area contributed by atoms with E-state index in [-0.39, 0.29) is 5.56 Å². The van der Waals surface area contributed by atoms with E-state index in [9.17, 15) is 9.59 Å². The fraction of sp³-hybridized carbons (Fsp3) is 0.0714. The van der Waals surface area contributed by atoms with Gasteiger partial charge in [-0.2, -0.15) is 0 Å². The Balaban J connectivity index is 1.47. The van der Waals surface area contributed by atoms with Crippen LogP contribution >= 0.6 is 0 Å². The van der Waals surface area contributed by atoms with E-state index in [1.807, 2.05) is 36.4 Å². The second-order valence-electron chi connectivity index (χ2n) is 8.07. The molecule has 8 heteroatoms. The van der Waals surface area contributed by atoms with Crippen molar-refractivity contribution in [3.8, 4) is 11.4 Å². The molecule has 0 aliphatic heterocycles. The number of amides is 2. The number of hydrogen-bond donors (Lipinski definition) is 2. The number of nitrogens with zero attached hydrogens (tertiary/aromatic N) is 3. The second kappa shape index (κ2) is 10.1. The van der Waals surface area contributed by atoms with Gasteiger partial charge in [-0.1, -0.05) is 36.4 Å². The summed E-state index contributed by atoms with van der Waals surface area (Å²) in [5, 5.41) is 5.60. The minimum absolute atomic E-state index is 0.259. The Morgan fingerprint density at radius 2 is 1.67 bits per heavy atom. The largest absolute Gasteiger partial charge is 0.497 e. The third kappa shape index (κ3) is 4.92. The smallest absolute Gasteiger partial charge is 0.323 e. The second-order valence-corrected chi connectivity index (χ2v) is 8.07. The molecule has 178 valence electrons. The lowest BCUT2D eigenvalue weighted by Gasteiger charge is -2.13. The number of fused-ring (bicyclic) bond motifs is 1. The number of aromatic nitrogens is 3. The molecule has 5 rings (SSSR count). The van der Waals surface area contributed by atoms with Crippen LogP contribution in [0.3, 0.4) is 0 Å². The zero-order valence-electron chi connectivity index (χ0n) is 19.5. The molecule has 0 radical (unpaired) electrons. The van der Waals surface area contributed by atoms with Crippen LogP contribution in [0, 0.1) is 0 Å². The van der Waals surface area contributed by atoms with E-state index in [1.54, 1.807) is 67.9 Å². The lowest BCUT2D eigenvalue weighted by Crippen LogP contribution is -2.25. The molecular weight excluding hydrogens is 454 g/mol. The number of pyridine rings is 1. The summed E-state index contributed by atoms with van der Waals surface area (Å²) in [6.07, 6.45) is 2.02. The predicted molar refractivity (Wildman–Crippen MR) is 140 cm³/mol. The summed E-state index contributed by atoms with van der Waals surface area (Å²) >= 11 is 0. The number of rotatable bonds is 6. The van der Waals surface area contributed by atoms with Crippen molar-refractivity contribution in [2.24, 2.45) is 0 Å². The first-order valence-electron chi connectivity index (χ1n) is 11.3. The summed E-state index contributed by atoms with van der Waals surface area (Å²) in [7, 11) is 1.58. The Bertz CT molecular complexity index is 1580. The number of methoxy groups -OCH3 is 1. The van der Waals surface area contributed by atoms with Gasteiger partial charge in [0.2, 0.25) is 0 Å². The molecule has 5 aromatic rings. The number of hydrogen-bond acceptors (Lipinski definition) is 5. The summed E-state index contributed by atoms with van der Waals surface area (Å²) in [6, 6.07) is 27.0. The molecule has 36 heavy (non-hydrogen) atoms. The monoisotopic (exact) mass is 477 g/mol. The Kier molecular flexibility index (Phi) is 6.40. The molecule has 0 unspecified atom stereocenters. The van der Waals surface area contributed by atoms with Gasteiger partial charge in [0.25, 0.3) is 5.56 Å². The highest BCUT2D eigenvalue weighted by Crippen LogP contribution is 2.19. The van der Waals surface area contributed by atoms with E-state index in [2.05, 4.69) is 20.6 Å². The molecule has 2 N–H and O–H groups in total. The Morgan fingerprint density at radius 1 is 0.889 bits per heavy atom. The van der Waals surface area contributed by atoms with Crippen molar-refractivity contribution in [1.82, 2.24) is 14.5 Å². The summed E-state index contributed by atoms with van der Waals surface area (Å²) in [5.41, 5.74) is 3.91. The van der Waals surface area contributed by atoms with Crippen molar-refractivity contribution < 1.29 is 9.53 Å². The normalized spacial score (nSPS) is 10.7. The number of nitrogens with one attached hydrogen (secondary N) is 2. The molecule has 8 nitrogen and oxygen atoms in total. The molecule has 0 aliphatic carbocycles. The van der Waals surface area contributed by atoms with E-state index in [4.69, 9.17) is 4.74 Å². The van der Waals surface area contributed by atoms with Gasteiger partial charge < -0.3 is 15.4 Å². The van der Waals surface area contributed by atoms with E-state index >= 15 is 0 Å². The topological polar surface area (TPSA) is 98.1 Å². The van der Waals surface area contributed by atoms with Crippen LogP contribution in [-0.2, 0) is 6.42 Å². The van der Waals surface area contributed by atoms with Crippen molar-refractivity contribution in [3.05, 3.63) is 119 Å². The fourth-order valence-electron chi connectivity index (χ4n) is 3.90. The number of anilines is 2. The zero-order chi connectivity index (χ0) is 24.9. The minimum Gasteiger partial charge on any atom is -0.497 e. The van der Waals surface area contributed by atoms with Crippen LogP contribution < -0.4 is 20.9 Å². The highest BCUT2D eigenvalue weighted by atomic mass is 16.5. The predicted octanol–water partition coefficient (Wildman–Crippen LogP) is 5.02. The van der Waals surface area contributed by atoms with E-state index < -0.39 is 6.03 Å². The third-order valence-electron chi connectivity index (χ3n) is 5.61. The van der Waals surface area contributed by atoms with Crippen molar-refractivity contribution in [1.29, 1.82) is 0 Å². The molecule has 0 aliphatic rings. The number of carbonyl (C=O) groups excluding carboxylic acids is 1. The van der Waals surface area contributed by atoms with Gasteiger partial charge in [0.1, 0.15) is 17.0 Å². The van der Waals surface area contributed by atoms with Gasteiger partial charge in [-0.05, 0) is 60.2 Å². The summed E-state index contributed by atoms with van der Waals surface area (Å²) in [4.78, 5) is 35.2. The molecule has 2 aromatic heterocycles. The van der Waals surface area contributed by atoms with Crippen molar-refractivity contribution in [3.63, 3.8) is 0 Å². The van der Waals surface area contributed by atoms with Crippen LogP contribution in [0.5, 0.6) is 5.75 Å². The fourth-order valence-corrected chi connectivity index (χ4v) is 3.90. The first kappa shape index (κ1) is 22.8. The van der Waals surface area contributed by atoms with E-state index in [0.29, 0.717) is 46.1 Å². The van der Waals surface area contributed by atoms with Gasteiger partial charge in [0, 0.05) is 24.0 Å². The number of benzene rings is 3. The Hall–Kier alpha value is -4.98. The average Bonchev–Trinajstić information content (AvgIpc) is 2.90. The Labute approximate surface area is 207 Å². The van der Waals surface area contributed by atoms with Crippen LogP contribution in [0.25, 0.3) is 16.9 Å². The van der Waals surface area contributed by atoms with Crippen LogP contribution in [0.4, 0.5) is 16.2 Å². The summed E-state index contributed by atoms with van der Waals surface area (Å²) in [6.45, 7) is 0. The minimum atomic E-state index is -0.410. The standard InChI is InChI=1S/C28H23N5O3/c1-36-23-14-12-20(13-15-23)30-28(35)31-21-9-5-10-22(18-21)33-26-24(11-6-16-29-26)32-25(27(33)34)17-19-7-3-2-4-8-19/h2-16,18H,17H2,1H3,(H2,30,31,35). The van der Waals surface area contributed by atoms with Crippen molar-refractivity contribution in [2.75, 3.05) is 17.7 Å². The van der Waals surface area contributed by atoms with Crippen molar-refractivity contribution >= 4 is 28.6 Å². The SMILES string of the molecule is COc1ccc(NC(=O)Nc2cccc(-n3c(=O)c(Cc4ccccc4)nc4cccnc43)c2)cc1. The quantitative estimate of drug-likeness (QED) is 0.358. The highest BCUT2D eigenvalue weighted by Gasteiger charge is 2.15. The molecule has 2 heterocycles. The Morgan fingerprint density at radius 3 is 2.44 bits per heavy atom. The first-order valence-corrected chi connectivity index (χ1v) is 11.3. The maximum atomic E-state index is 13.6. The van der Waals surface area contributed by atoms with Gasteiger partial charge in [0.15, 0.2) is 5.65 Å². The van der Waals surface area contributed by atoms with Crippen LogP contribution in [0.1, 0.15) is 11.3 Å². The lowest BCUT2D eigenvalue weighted by molar-refractivity contribution is 0.262. The average molecular weight is 478 g/mol. The molecule has 2 amide bonds. The molecule has 0 atom stereocenters. The molecule has 0 saturated carbocycles. The summed E-state index contributed by atoms with van der Waals surface area (Å²) < 4.78 is 6.68. The first-order chi connectivity index (χ1) is 17.6. The van der Waals surface area contributed by atoms with Gasteiger partial charge in [-0.15, -0.1) is 0 Å². The third-order valence-corrected chi connectivity index (χ3v) is 5.61. The zero-order valence-corrected chi connectivity index (χ0v) is 19.5. The summed E-state index contributed by atoms with van der Waals surface area (Å²) in [5.74, 6) is 0.698. The van der Waals surface area contributed by atoms with Gasteiger partial charge in [-0.25, -0.2) is 14.8 Å². The molecule has 0 spiro atoms. The number of urea groups is 1. The van der Waals surface area contributed by atoms with Gasteiger partial charge in [-0.3, -0.25) is 9.36 Å². The van der Waals surface area contributed by atoms with Gasteiger partial charge in [0.05, 0.1) is 12.8 Å². The van der Waals surface area contributed by atoms with E-state index in [0.717, 1.165) is 5.56 Å². The molecule has 0 fully saturated rings.